The first kappa shape index (κ1) is 12.2. The number of hydrogen-bond acceptors (Lipinski definition) is 4. The smallest absolute Gasteiger partial charge is 0.328 e. The summed E-state index contributed by atoms with van der Waals surface area (Å²) in [6, 6.07) is 3.60. The molecule has 2 heterocycles. The molecule has 1 aromatic carbocycles. The van der Waals surface area contributed by atoms with Gasteiger partial charge in [-0.2, -0.15) is 0 Å². The van der Waals surface area contributed by atoms with Crippen molar-refractivity contribution in [2.24, 2.45) is 0 Å². The van der Waals surface area contributed by atoms with Crippen LogP contribution in [0.4, 0.5) is 5.69 Å². The summed E-state index contributed by atoms with van der Waals surface area (Å²) in [6.07, 6.45) is 2.96. The lowest BCUT2D eigenvalue weighted by Gasteiger charge is -2.08. The maximum absolute atomic E-state index is 12.0. The van der Waals surface area contributed by atoms with Crippen LogP contribution in [0.15, 0.2) is 34.2 Å². The van der Waals surface area contributed by atoms with Crippen LogP contribution in [0.1, 0.15) is 11.1 Å². The Hall–Kier alpha value is -2.83. The van der Waals surface area contributed by atoms with Crippen LogP contribution in [-0.4, -0.2) is 19.5 Å². The number of nitrogens with one attached hydrogen (secondary N) is 2. The zero-order valence-electron chi connectivity index (χ0n) is 10.8. The number of aryl methyl sites for hydroxylation is 1. The SMILES string of the molecule is Cc1c[nH]c(=O)n(Cc2ccc3[nH]cnc3c2N)c1=O. The van der Waals surface area contributed by atoms with E-state index in [4.69, 9.17) is 5.73 Å². The molecule has 0 spiro atoms. The molecular weight excluding hydrogens is 258 g/mol. The third-order valence-electron chi connectivity index (χ3n) is 3.29. The third-order valence-corrected chi connectivity index (χ3v) is 3.29. The maximum atomic E-state index is 12.0. The van der Waals surface area contributed by atoms with Crippen LogP contribution in [0.25, 0.3) is 11.0 Å². The largest absolute Gasteiger partial charge is 0.397 e. The summed E-state index contributed by atoms with van der Waals surface area (Å²) < 4.78 is 1.12. The van der Waals surface area contributed by atoms with E-state index in [2.05, 4.69) is 15.0 Å². The molecule has 0 aliphatic carbocycles. The topological polar surface area (TPSA) is 110 Å². The highest BCUT2D eigenvalue weighted by molar-refractivity contribution is 5.88. The molecule has 0 bridgehead atoms. The van der Waals surface area contributed by atoms with Gasteiger partial charge >= 0.3 is 5.69 Å². The van der Waals surface area contributed by atoms with E-state index in [1.54, 1.807) is 19.3 Å². The van der Waals surface area contributed by atoms with Crippen molar-refractivity contribution < 1.29 is 0 Å². The molecule has 102 valence electrons. The van der Waals surface area contributed by atoms with Crippen LogP contribution < -0.4 is 17.0 Å². The number of rotatable bonds is 2. The van der Waals surface area contributed by atoms with Gasteiger partial charge in [0.15, 0.2) is 0 Å². The van der Waals surface area contributed by atoms with E-state index < -0.39 is 5.69 Å². The van der Waals surface area contributed by atoms with Crippen molar-refractivity contribution in [3.63, 3.8) is 0 Å². The quantitative estimate of drug-likeness (QED) is 0.584. The molecule has 4 N–H and O–H groups in total. The summed E-state index contributed by atoms with van der Waals surface area (Å²) in [5, 5.41) is 0. The predicted octanol–water partition coefficient (Wildman–Crippen LogP) is 0.352. The minimum absolute atomic E-state index is 0.116. The summed E-state index contributed by atoms with van der Waals surface area (Å²) in [5.74, 6) is 0. The molecule has 0 aliphatic heterocycles. The molecule has 0 unspecified atom stereocenters. The molecule has 0 saturated carbocycles. The molecule has 7 nitrogen and oxygen atoms in total. The Morgan fingerprint density at radius 3 is 2.90 bits per heavy atom. The van der Waals surface area contributed by atoms with Crippen molar-refractivity contribution in [1.29, 1.82) is 0 Å². The molecule has 2 aromatic heterocycles. The number of imidazole rings is 1. The third kappa shape index (κ3) is 1.80. The van der Waals surface area contributed by atoms with Crippen molar-refractivity contribution in [3.05, 3.63) is 56.6 Å². The second-order valence-electron chi connectivity index (χ2n) is 4.61. The van der Waals surface area contributed by atoms with Gasteiger partial charge in [0.2, 0.25) is 0 Å². The number of fused-ring (bicyclic) bond motifs is 1. The Morgan fingerprint density at radius 2 is 2.10 bits per heavy atom. The molecule has 0 aliphatic rings. The summed E-state index contributed by atoms with van der Waals surface area (Å²) in [4.78, 5) is 33.4. The molecule has 0 amide bonds. The normalized spacial score (nSPS) is 11.1. The van der Waals surface area contributed by atoms with E-state index in [1.165, 1.54) is 6.20 Å². The van der Waals surface area contributed by atoms with Crippen LogP contribution in [0.2, 0.25) is 0 Å². The van der Waals surface area contributed by atoms with E-state index >= 15 is 0 Å². The lowest BCUT2D eigenvalue weighted by atomic mass is 10.1. The first-order chi connectivity index (χ1) is 9.58. The van der Waals surface area contributed by atoms with Crippen molar-refractivity contribution in [2.45, 2.75) is 13.5 Å². The highest BCUT2D eigenvalue weighted by atomic mass is 16.2. The molecule has 20 heavy (non-hydrogen) atoms. The average molecular weight is 271 g/mol. The van der Waals surface area contributed by atoms with Gasteiger partial charge in [-0.25, -0.2) is 9.78 Å². The summed E-state index contributed by atoms with van der Waals surface area (Å²) in [5.41, 5.74) is 8.34. The Bertz CT molecular complexity index is 903. The number of nitrogens with two attached hydrogens (primary N) is 1. The molecule has 3 rings (SSSR count). The Balaban J connectivity index is 2.15. The fourth-order valence-electron chi connectivity index (χ4n) is 2.14. The van der Waals surface area contributed by atoms with Crippen molar-refractivity contribution in [3.8, 4) is 0 Å². The van der Waals surface area contributed by atoms with Gasteiger partial charge in [0.25, 0.3) is 5.56 Å². The van der Waals surface area contributed by atoms with Crippen molar-refractivity contribution in [2.75, 3.05) is 5.73 Å². The number of aromatic nitrogens is 4. The summed E-state index contributed by atoms with van der Waals surface area (Å²) in [6.45, 7) is 1.76. The number of benzene rings is 1. The summed E-state index contributed by atoms with van der Waals surface area (Å²) >= 11 is 0. The average Bonchev–Trinajstić information content (AvgIpc) is 2.91. The number of aromatic amines is 2. The van der Waals surface area contributed by atoms with Gasteiger partial charge in [0.05, 0.1) is 24.1 Å². The van der Waals surface area contributed by atoms with E-state index in [-0.39, 0.29) is 12.1 Å². The van der Waals surface area contributed by atoms with Crippen molar-refractivity contribution >= 4 is 16.7 Å². The highest BCUT2D eigenvalue weighted by Gasteiger charge is 2.10. The number of nitrogen functional groups attached to an aromatic ring is 1. The first-order valence-corrected chi connectivity index (χ1v) is 6.07. The number of hydrogen-bond donors (Lipinski definition) is 3. The van der Waals surface area contributed by atoms with Crippen LogP contribution in [0.3, 0.4) is 0 Å². The Labute approximate surface area is 113 Å². The van der Waals surface area contributed by atoms with Crippen molar-refractivity contribution in [1.82, 2.24) is 19.5 Å². The second kappa shape index (κ2) is 4.37. The van der Waals surface area contributed by atoms with Crippen LogP contribution in [0, 0.1) is 6.92 Å². The molecule has 0 saturated heterocycles. The standard InChI is InChI=1S/C13H13N5O2/c1-7-4-15-13(20)18(12(7)19)5-8-2-3-9-11(10(8)14)17-6-16-9/h2-4,6H,5,14H2,1H3,(H,15,20)(H,16,17). The highest BCUT2D eigenvalue weighted by Crippen LogP contribution is 2.21. The van der Waals surface area contributed by atoms with Gasteiger partial charge in [-0.3, -0.25) is 9.36 Å². The lowest BCUT2D eigenvalue weighted by Crippen LogP contribution is -2.36. The van der Waals surface area contributed by atoms with Gasteiger partial charge in [0, 0.05) is 11.8 Å². The number of anilines is 1. The molecule has 7 heteroatoms. The lowest BCUT2D eigenvalue weighted by molar-refractivity contribution is 0.693. The fourth-order valence-corrected chi connectivity index (χ4v) is 2.14. The number of H-pyrrole nitrogens is 2. The Kier molecular flexibility index (Phi) is 2.67. The van der Waals surface area contributed by atoms with Gasteiger partial charge in [-0.05, 0) is 18.6 Å². The molecule has 3 aromatic rings. The van der Waals surface area contributed by atoms with E-state index in [9.17, 15) is 9.59 Å². The van der Waals surface area contributed by atoms with Gasteiger partial charge in [-0.15, -0.1) is 0 Å². The molecule has 0 fully saturated rings. The van der Waals surface area contributed by atoms with E-state index in [0.29, 0.717) is 22.3 Å². The predicted molar refractivity (Wildman–Crippen MR) is 75.7 cm³/mol. The van der Waals surface area contributed by atoms with Crippen LogP contribution >= 0.6 is 0 Å². The summed E-state index contributed by atoms with van der Waals surface area (Å²) in [7, 11) is 0. The van der Waals surface area contributed by atoms with E-state index in [0.717, 1.165) is 10.1 Å². The Morgan fingerprint density at radius 1 is 1.30 bits per heavy atom. The molecule has 0 atom stereocenters. The fraction of sp³-hybridized carbons (Fsp3) is 0.154. The van der Waals surface area contributed by atoms with Gasteiger partial charge in [-0.1, -0.05) is 6.07 Å². The van der Waals surface area contributed by atoms with Gasteiger partial charge in [0.1, 0.15) is 5.52 Å². The molecular formula is C13H13N5O2. The first-order valence-electron chi connectivity index (χ1n) is 6.07. The van der Waals surface area contributed by atoms with Gasteiger partial charge < -0.3 is 15.7 Å². The minimum Gasteiger partial charge on any atom is -0.397 e. The van der Waals surface area contributed by atoms with Crippen LogP contribution in [-0.2, 0) is 6.54 Å². The van der Waals surface area contributed by atoms with E-state index in [1.807, 2.05) is 6.07 Å². The zero-order valence-corrected chi connectivity index (χ0v) is 10.8. The monoisotopic (exact) mass is 271 g/mol. The van der Waals surface area contributed by atoms with Crippen LogP contribution in [0.5, 0.6) is 0 Å². The maximum Gasteiger partial charge on any atom is 0.328 e. The number of nitrogens with zero attached hydrogens (tertiary/aromatic N) is 2. The minimum atomic E-state index is -0.456. The molecule has 0 radical (unpaired) electrons. The second-order valence-corrected chi connectivity index (χ2v) is 4.61. The zero-order chi connectivity index (χ0) is 14.3.